The van der Waals surface area contributed by atoms with Crippen LogP contribution in [0, 0.1) is 0 Å². The van der Waals surface area contributed by atoms with E-state index < -0.39 is 5.97 Å². The van der Waals surface area contributed by atoms with E-state index in [-0.39, 0.29) is 0 Å². The molecule has 0 spiro atoms. The number of carbonyl (C=O) groups is 1. The summed E-state index contributed by atoms with van der Waals surface area (Å²) in [5.41, 5.74) is 6.72. The van der Waals surface area contributed by atoms with Crippen LogP contribution in [0.1, 0.15) is 23.2 Å². The monoisotopic (exact) mass is 250 g/mol. The van der Waals surface area contributed by atoms with Crippen LogP contribution in [-0.2, 0) is 4.74 Å². The lowest BCUT2D eigenvalue weighted by molar-refractivity contribution is 0.0600. The van der Waals surface area contributed by atoms with E-state index in [4.69, 9.17) is 5.73 Å². The Bertz CT molecular complexity index is 430. The molecule has 1 aromatic heterocycles. The van der Waals surface area contributed by atoms with Crippen LogP contribution in [0.15, 0.2) is 12.3 Å². The van der Waals surface area contributed by atoms with E-state index in [0.29, 0.717) is 23.1 Å². The van der Waals surface area contributed by atoms with Crippen LogP contribution < -0.4 is 16.4 Å². The third-order valence-corrected chi connectivity index (χ3v) is 3.02. The molecule has 4 N–H and O–H groups in total. The second-order valence-corrected chi connectivity index (χ2v) is 4.32. The maximum Gasteiger partial charge on any atom is 0.339 e. The summed E-state index contributed by atoms with van der Waals surface area (Å²) in [5, 5.41) is 6.60. The molecular weight excluding hydrogens is 232 g/mol. The summed E-state index contributed by atoms with van der Waals surface area (Å²) in [5.74, 6) is 0.206. The number of hydrogen-bond donors (Lipinski definition) is 3. The van der Waals surface area contributed by atoms with Gasteiger partial charge in [-0.05, 0) is 32.0 Å². The molecule has 98 valence electrons. The van der Waals surface area contributed by atoms with Crippen molar-refractivity contribution in [1.29, 1.82) is 0 Å². The van der Waals surface area contributed by atoms with E-state index in [0.717, 1.165) is 25.9 Å². The van der Waals surface area contributed by atoms with Gasteiger partial charge in [0.2, 0.25) is 0 Å². The standard InChI is InChI=1S/C12H18N4O2/c1-18-12(17)8-6-10(13)11(15-7-8)16-9-2-4-14-5-3-9/h6-7,9,14H,2-5,13H2,1H3,(H,15,16). The zero-order chi connectivity index (χ0) is 13.0. The first-order valence-electron chi connectivity index (χ1n) is 6.02. The topological polar surface area (TPSA) is 89.3 Å². The SMILES string of the molecule is COC(=O)c1cnc(NC2CCNCC2)c(N)c1. The van der Waals surface area contributed by atoms with Crippen LogP contribution in [0.25, 0.3) is 0 Å². The molecule has 2 rings (SSSR count). The number of esters is 1. The molecule has 0 aromatic carbocycles. The zero-order valence-electron chi connectivity index (χ0n) is 10.4. The van der Waals surface area contributed by atoms with E-state index in [9.17, 15) is 4.79 Å². The van der Waals surface area contributed by atoms with Gasteiger partial charge in [0.1, 0.15) is 5.82 Å². The van der Waals surface area contributed by atoms with Crippen LogP contribution in [0.3, 0.4) is 0 Å². The van der Waals surface area contributed by atoms with Crippen molar-refractivity contribution >= 4 is 17.5 Å². The summed E-state index contributed by atoms with van der Waals surface area (Å²) in [6, 6.07) is 1.97. The van der Waals surface area contributed by atoms with Gasteiger partial charge in [0.05, 0.1) is 18.4 Å². The average molecular weight is 250 g/mol. The molecular formula is C12H18N4O2. The fourth-order valence-corrected chi connectivity index (χ4v) is 1.99. The van der Waals surface area contributed by atoms with Gasteiger partial charge in [0.15, 0.2) is 0 Å². The molecule has 0 bridgehead atoms. The lowest BCUT2D eigenvalue weighted by atomic mass is 10.1. The molecule has 18 heavy (non-hydrogen) atoms. The summed E-state index contributed by atoms with van der Waals surface area (Å²) in [7, 11) is 1.33. The van der Waals surface area contributed by atoms with Crippen molar-refractivity contribution in [2.24, 2.45) is 0 Å². The minimum Gasteiger partial charge on any atom is -0.465 e. The number of nitrogen functional groups attached to an aromatic ring is 1. The largest absolute Gasteiger partial charge is 0.465 e. The van der Waals surface area contributed by atoms with Crippen LogP contribution in [0.2, 0.25) is 0 Å². The highest BCUT2D eigenvalue weighted by Crippen LogP contribution is 2.19. The Labute approximate surface area is 106 Å². The number of hydrogen-bond acceptors (Lipinski definition) is 6. The quantitative estimate of drug-likeness (QED) is 0.681. The first-order chi connectivity index (χ1) is 8.70. The van der Waals surface area contributed by atoms with Gasteiger partial charge in [-0.25, -0.2) is 9.78 Å². The average Bonchev–Trinajstić information content (AvgIpc) is 2.41. The highest BCUT2D eigenvalue weighted by Gasteiger charge is 2.15. The van der Waals surface area contributed by atoms with Crippen molar-refractivity contribution in [3.05, 3.63) is 17.8 Å². The Kier molecular flexibility index (Phi) is 3.99. The number of nitrogens with two attached hydrogens (primary N) is 1. The number of aromatic nitrogens is 1. The molecule has 1 aliphatic heterocycles. The van der Waals surface area contributed by atoms with Gasteiger partial charge in [0, 0.05) is 12.2 Å². The predicted octanol–water partition coefficient (Wildman–Crippen LogP) is 0.614. The van der Waals surface area contributed by atoms with Crippen molar-refractivity contribution < 1.29 is 9.53 Å². The second kappa shape index (κ2) is 5.68. The summed E-state index contributed by atoms with van der Waals surface area (Å²) in [4.78, 5) is 15.5. The molecule has 1 aliphatic rings. The van der Waals surface area contributed by atoms with Crippen molar-refractivity contribution in [2.75, 3.05) is 31.2 Å². The van der Waals surface area contributed by atoms with Crippen LogP contribution in [0.5, 0.6) is 0 Å². The van der Waals surface area contributed by atoms with Crippen molar-refractivity contribution in [3.8, 4) is 0 Å². The smallest absolute Gasteiger partial charge is 0.339 e. The summed E-state index contributed by atoms with van der Waals surface area (Å²) >= 11 is 0. The number of nitrogens with one attached hydrogen (secondary N) is 2. The molecule has 6 heteroatoms. The molecule has 1 saturated heterocycles. The minimum atomic E-state index is -0.428. The minimum absolute atomic E-state index is 0.367. The first-order valence-corrected chi connectivity index (χ1v) is 6.02. The van der Waals surface area contributed by atoms with E-state index in [1.54, 1.807) is 6.07 Å². The van der Waals surface area contributed by atoms with Crippen LogP contribution >= 0.6 is 0 Å². The van der Waals surface area contributed by atoms with Gasteiger partial charge in [0.25, 0.3) is 0 Å². The number of methoxy groups -OCH3 is 1. The number of pyridine rings is 1. The first kappa shape index (κ1) is 12.6. The number of carbonyl (C=O) groups excluding carboxylic acids is 1. The van der Waals surface area contributed by atoms with Gasteiger partial charge >= 0.3 is 5.97 Å². The van der Waals surface area contributed by atoms with Crippen molar-refractivity contribution in [2.45, 2.75) is 18.9 Å². The molecule has 1 fully saturated rings. The van der Waals surface area contributed by atoms with E-state index in [1.165, 1.54) is 13.3 Å². The Morgan fingerprint density at radius 3 is 2.89 bits per heavy atom. The third kappa shape index (κ3) is 2.89. The Hall–Kier alpha value is -1.82. The Balaban J connectivity index is 2.07. The molecule has 0 aliphatic carbocycles. The molecule has 6 nitrogen and oxygen atoms in total. The molecule has 2 heterocycles. The summed E-state index contributed by atoms with van der Waals surface area (Å²) < 4.78 is 4.62. The zero-order valence-corrected chi connectivity index (χ0v) is 10.4. The third-order valence-electron chi connectivity index (χ3n) is 3.02. The van der Waals surface area contributed by atoms with Gasteiger partial charge in [-0.1, -0.05) is 0 Å². The second-order valence-electron chi connectivity index (χ2n) is 4.32. The molecule has 0 unspecified atom stereocenters. The highest BCUT2D eigenvalue weighted by molar-refractivity contribution is 5.90. The van der Waals surface area contributed by atoms with Gasteiger partial charge in [-0.15, -0.1) is 0 Å². The van der Waals surface area contributed by atoms with E-state index >= 15 is 0 Å². The maximum atomic E-state index is 11.3. The summed E-state index contributed by atoms with van der Waals surface area (Å²) in [6.07, 6.45) is 3.56. The highest BCUT2D eigenvalue weighted by atomic mass is 16.5. The van der Waals surface area contributed by atoms with Gasteiger partial charge in [-0.3, -0.25) is 0 Å². The fraction of sp³-hybridized carbons (Fsp3) is 0.500. The van der Waals surface area contributed by atoms with Gasteiger partial charge < -0.3 is 21.1 Å². The number of nitrogens with zero attached hydrogens (tertiary/aromatic N) is 1. The lowest BCUT2D eigenvalue weighted by Crippen LogP contribution is -2.35. The maximum absolute atomic E-state index is 11.3. The number of rotatable bonds is 3. The molecule has 0 amide bonds. The molecule has 0 atom stereocenters. The number of ether oxygens (including phenoxy) is 1. The predicted molar refractivity (Wildman–Crippen MR) is 69.5 cm³/mol. The van der Waals surface area contributed by atoms with Crippen molar-refractivity contribution in [3.63, 3.8) is 0 Å². The lowest BCUT2D eigenvalue weighted by Gasteiger charge is -2.24. The van der Waals surface area contributed by atoms with Gasteiger partial charge in [-0.2, -0.15) is 0 Å². The summed E-state index contributed by atoms with van der Waals surface area (Å²) in [6.45, 7) is 2.00. The number of anilines is 2. The molecule has 0 radical (unpaired) electrons. The van der Waals surface area contributed by atoms with Crippen LogP contribution in [-0.4, -0.2) is 37.2 Å². The Morgan fingerprint density at radius 1 is 1.56 bits per heavy atom. The normalized spacial score (nSPS) is 16.3. The molecule has 0 saturated carbocycles. The van der Waals surface area contributed by atoms with Crippen LogP contribution in [0.4, 0.5) is 11.5 Å². The van der Waals surface area contributed by atoms with Crippen molar-refractivity contribution in [1.82, 2.24) is 10.3 Å². The Morgan fingerprint density at radius 2 is 2.28 bits per heavy atom. The number of piperidine rings is 1. The van der Waals surface area contributed by atoms with E-state index in [1.807, 2.05) is 0 Å². The molecule has 1 aromatic rings. The fourth-order valence-electron chi connectivity index (χ4n) is 1.99. The van der Waals surface area contributed by atoms with E-state index in [2.05, 4.69) is 20.4 Å².